The van der Waals surface area contributed by atoms with Gasteiger partial charge < -0.3 is 4.74 Å². The number of rotatable bonds is 4. The molecule has 0 heterocycles. The minimum absolute atomic E-state index is 0.0261. The van der Waals surface area contributed by atoms with Gasteiger partial charge in [0.05, 0.1) is 25.2 Å². The lowest BCUT2D eigenvalue weighted by atomic mass is 9.95. The number of aryl methyl sites for hydroxylation is 1. The highest BCUT2D eigenvalue weighted by Crippen LogP contribution is 2.28. The van der Waals surface area contributed by atoms with Crippen LogP contribution < -0.4 is 0 Å². The number of alkyl halides is 2. The predicted molar refractivity (Wildman–Crippen MR) is 61.2 cm³/mol. The Balaban J connectivity index is 3.27. The predicted octanol–water partition coefficient (Wildman–Crippen LogP) is 2.77. The van der Waals surface area contributed by atoms with E-state index in [-0.39, 0.29) is 17.5 Å². The van der Waals surface area contributed by atoms with Crippen molar-refractivity contribution in [3.05, 3.63) is 34.4 Å². The van der Waals surface area contributed by atoms with E-state index in [9.17, 15) is 13.6 Å². The van der Waals surface area contributed by atoms with Crippen LogP contribution in [0.25, 0.3) is 0 Å². The molecule has 0 radical (unpaired) electrons. The molecule has 0 atom stereocenters. The van der Waals surface area contributed by atoms with Gasteiger partial charge in [-0.1, -0.05) is 13.0 Å². The molecule has 1 aromatic carbocycles. The Kier molecular flexibility index (Phi) is 4.78. The van der Waals surface area contributed by atoms with Crippen molar-refractivity contribution in [1.29, 1.82) is 5.26 Å². The Labute approximate surface area is 104 Å². The SMILES string of the molecule is CCc1cc(CC(=O)OC)cc(C#N)c1C(F)F. The number of halogens is 2. The number of hydrogen-bond donors (Lipinski definition) is 0. The molecule has 0 aliphatic rings. The van der Waals surface area contributed by atoms with E-state index in [1.165, 1.54) is 19.2 Å². The first-order valence-corrected chi connectivity index (χ1v) is 5.44. The Bertz CT molecular complexity index is 492. The molecule has 18 heavy (non-hydrogen) atoms. The topological polar surface area (TPSA) is 50.1 Å². The monoisotopic (exact) mass is 253 g/mol. The van der Waals surface area contributed by atoms with Crippen molar-refractivity contribution in [3.63, 3.8) is 0 Å². The van der Waals surface area contributed by atoms with Gasteiger partial charge in [0.15, 0.2) is 0 Å². The molecule has 3 nitrogen and oxygen atoms in total. The lowest BCUT2D eigenvalue weighted by Gasteiger charge is -2.11. The average molecular weight is 253 g/mol. The maximum atomic E-state index is 12.9. The van der Waals surface area contributed by atoms with Gasteiger partial charge in [-0.2, -0.15) is 5.26 Å². The number of nitrogens with zero attached hydrogens (tertiary/aromatic N) is 1. The molecular formula is C13H13F2NO2. The van der Waals surface area contributed by atoms with E-state index in [0.29, 0.717) is 17.5 Å². The second kappa shape index (κ2) is 6.10. The zero-order chi connectivity index (χ0) is 13.7. The second-order valence-electron chi connectivity index (χ2n) is 3.74. The maximum Gasteiger partial charge on any atom is 0.309 e. The van der Waals surface area contributed by atoms with E-state index in [1.54, 1.807) is 13.0 Å². The van der Waals surface area contributed by atoms with Crippen molar-refractivity contribution in [1.82, 2.24) is 0 Å². The number of carbonyl (C=O) groups excluding carboxylic acids is 1. The summed E-state index contributed by atoms with van der Waals surface area (Å²) >= 11 is 0. The molecule has 0 saturated heterocycles. The van der Waals surface area contributed by atoms with Crippen LogP contribution in [0.1, 0.15) is 35.6 Å². The fraction of sp³-hybridized carbons (Fsp3) is 0.385. The third-order valence-corrected chi connectivity index (χ3v) is 2.62. The van der Waals surface area contributed by atoms with E-state index in [1.807, 2.05) is 0 Å². The van der Waals surface area contributed by atoms with Crippen molar-refractivity contribution in [2.24, 2.45) is 0 Å². The van der Waals surface area contributed by atoms with Crippen LogP contribution in [0.15, 0.2) is 12.1 Å². The summed E-state index contributed by atoms with van der Waals surface area (Å²) in [6, 6.07) is 4.60. The number of carbonyl (C=O) groups is 1. The molecule has 5 heteroatoms. The molecule has 0 bridgehead atoms. The summed E-state index contributed by atoms with van der Waals surface area (Å²) in [5, 5.41) is 8.90. The van der Waals surface area contributed by atoms with Gasteiger partial charge in [-0.15, -0.1) is 0 Å². The highest BCUT2D eigenvalue weighted by Gasteiger charge is 2.19. The molecule has 1 aromatic rings. The van der Waals surface area contributed by atoms with E-state index >= 15 is 0 Å². The van der Waals surface area contributed by atoms with E-state index in [4.69, 9.17) is 5.26 Å². The molecule has 0 aromatic heterocycles. The van der Waals surface area contributed by atoms with Crippen LogP contribution >= 0.6 is 0 Å². The Morgan fingerprint density at radius 3 is 2.61 bits per heavy atom. The van der Waals surface area contributed by atoms with Gasteiger partial charge >= 0.3 is 5.97 Å². The summed E-state index contributed by atoms with van der Waals surface area (Å²) in [6.45, 7) is 1.73. The minimum Gasteiger partial charge on any atom is -0.469 e. The van der Waals surface area contributed by atoms with Gasteiger partial charge in [-0.05, 0) is 23.6 Å². The normalized spacial score (nSPS) is 10.2. The molecule has 0 aliphatic carbocycles. The molecule has 96 valence electrons. The number of benzene rings is 1. The molecule has 0 aliphatic heterocycles. The van der Waals surface area contributed by atoms with Crippen LogP contribution in [-0.2, 0) is 22.4 Å². The van der Waals surface area contributed by atoms with Gasteiger partial charge in [-0.3, -0.25) is 4.79 Å². The second-order valence-corrected chi connectivity index (χ2v) is 3.74. The molecule has 0 N–H and O–H groups in total. The van der Waals surface area contributed by atoms with E-state index in [0.717, 1.165) is 0 Å². The summed E-state index contributed by atoms with van der Waals surface area (Å²) in [6.07, 6.45) is -2.34. The van der Waals surface area contributed by atoms with E-state index in [2.05, 4.69) is 4.74 Å². The van der Waals surface area contributed by atoms with Crippen molar-refractivity contribution < 1.29 is 18.3 Å². The molecule has 0 spiro atoms. The maximum absolute atomic E-state index is 12.9. The molecule has 0 amide bonds. The lowest BCUT2D eigenvalue weighted by Crippen LogP contribution is -2.07. The lowest BCUT2D eigenvalue weighted by molar-refractivity contribution is -0.139. The molecule has 1 rings (SSSR count). The number of nitriles is 1. The van der Waals surface area contributed by atoms with Crippen LogP contribution in [0.3, 0.4) is 0 Å². The van der Waals surface area contributed by atoms with Crippen LogP contribution in [0, 0.1) is 11.3 Å². The number of methoxy groups -OCH3 is 1. The van der Waals surface area contributed by atoms with Crippen molar-refractivity contribution in [2.45, 2.75) is 26.2 Å². The summed E-state index contributed by atoms with van der Waals surface area (Å²) in [7, 11) is 1.25. The first-order valence-electron chi connectivity index (χ1n) is 5.44. The standard InChI is InChI=1S/C13H13F2NO2/c1-3-9-4-8(6-11(17)18-2)5-10(7-16)12(9)13(14)15/h4-5,13H,3,6H2,1-2H3. The van der Waals surface area contributed by atoms with Crippen LogP contribution in [0.5, 0.6) is 0 Å². The van der Waals surface area contributed by atoms with Gasteiger partial charge in [0, 0.05) is 5.56 Å². The van der Waals surface area contributed by atoms with Crippen molar-refractivity contribution in [2.75, 3.05) is 7.11 Å². The third kappa shape index (κ3) is 3.04. The molecule has 0 saturated carbocycles. The summed E-state index contributed by atoms with van der Waals surface area (Å²) in [5.41, 5.74) is 0.583. The molecule has 0 unspecified atom stereocenters. The summed E-state index contributed by atoms with van der Waals surface area (Å²) < 4.78 is 30.3. The van der Waals surface area contributed by atoms with Crippen molar-refractivity contribution >= 4 is 5.97 Å². The summed E-state index contributed by atoms with van der Waals surface area (Å²) in [4.78, 5) is 11.1. The first kappa shape index (κ1) is 14.1. The van der Waals surface area contributed by atoms with Gasteiger partial charge in [-0.25, -0.2) is 8.78 Å². The van der Waals surface area contributed by atoms with Crippen LogP contribution in [-0.4, -0.2) is 13.1 Å². The third-order valence-electron chi connectivity index (χ3n) is 2.62. The van der Waals surface area contributed by atoms with Gasteiger partial charge in [0.2, 0.25) is 0 Å². The highest BCUT2D eigenvalue weighted by molar-refractivity contribution is 5.72. The largest absolute Gasteiger partial charge is 0.469 e. The van der Waals surface area contributed by atoms with Gasteiger partial charge in [0.1, 0.15) is 0 Å². The zero-order valence-corrected chi connectivity index (χ0v) is 10.2. The van der Waals surface area contributed by atoms with Gasteiger partial charge in [0.25, 0.3) is 6.43 Å². The Morgan fingerprint density at radius 2 is 2.17 bits per heavy atom. The van der Waals surface area contributed by atoms with Crippen LogP contribution in [0.4, 0.5) is 8.78 Å². The molecular weight excluding hydrogens is 240 g/mol. The molecule has 0 fully saturated rings. The fourth-order valence-corrected chi connectivity index (χ4v) is 1.76. The van der Waals surface area contributed by atoms with Crippen molar-refractivity contribution in [3.8, 4) is 6.07 Å². The Morgan fingerprint density at radius 1 is 1.50 bits per heavy atom. The Hall–Kier alpha value is -1.96. The quantitative estimate of drug-likeness (QED) is 0.775. The highest BCUT2D eigenvalue weighted by atomic mass is 19.3. The number of hydrogen-bond acceptors (Lipinski definition) is 3. The summed E-state index contributed by atoms with van der Waals surface area (Å²) in [5.74, 6) is -0.467. The number of esters is 1. The zero-order valence-electron chi connectivity index (χ0n) is 10.2. The minimum atomic E-state index is -2.69. The fourth-order valence-electron chi connectivity index (χ4n) is 1.76. The van der Waals surface area contributed by atoms with Crippen LogP contribution in [0.2, 0.25) is 0 Å². The average Bonchev–Trinajstić information content (AvgIpc) is 2.36. The van der Waals surface area contributed by atoms with E-state index < -0.39 is 12.4 Å². The first-order chi connectivity index (χ1) is 8.53. The smallest absolute Gasteiger partial charge is 0.309 e. The number of ether oxygens (including phenoxy) is 1.